The molecule has 0 spiro atoms. The zero-order valence-electron chi connectivity index (χ0n) is 18.2. The monoisotopic (exact) mass is 474 g/mol. The molecule has 4 unspecified atom stereocenters. The van der Waals surface area contributed by atoms with Gasteiger partial charge >= 0.3 is 11.9 Å². The Labute approximate surface area is 188 Å². The lowest BCUT2D eigenvalue weighted by molar-refractivity contribution is -0.145. The van der Waals surface area contributed by atoms with Crippen LogP contribution in [0, 0.1) is 5.92 Å². The van der Waals surface area contributed by atoms with Gasteiger partial charge in [-0.2, -0.15) is 0 Å². The van der Waals surface area contributed by atoms with Crippen LogP contribution in [0.25, 0.3) is 0 Å². The first-order valence-electron chi connectivity index (χ1n) is 9.83. The largest absolute Gasteiger partial charge is 0.481 e. The number of hydrogen-bond donors (Lipinski definition) is 8. The lowest BCUT2D eigenvalue weighted by atomic mass is 10.0. The predicted molar refractivity (Wildman–Crippen MR) is 111 cm³/mol. The lowest BCUT2D eigenvalue weighted by Gasteiger charge is -2.26. The van der Waals surface area contributed by atoms with E-state index in [0.717, 1.165) is 0 Å². The molecule has 0 bridgehead atoms. The van der Waals surface area contributed by atoms with Gasteiger partial charge < -0.3 is 43.4 Å². The fourth-order valence-electron chi connectivity index (χ4n) is 2.54. The Morgan fingerprint density at radius 2 is 1.30 bits per heavy atom. The van der Waals surface area contributed by atoms with Gasteiger partial charge in [0, 0.05) is 6.42 Å². The van der Waals surface area contributed by atoms with Crippen molar-refractivity contribution >= 4 is 41.5 Å². The zero-order valence-corrected chi connectivity index (χ0v) is 18.2. The van der Waals surface area contributed by atoms with E-state index < -0.39 is 84.4 Å². The number of carboxylic acids is 2. The standard InChI is InChI=1S/C18H30N6O9/c1-7(2)14(24-15(29)8(19)3-4-11(20)25)17(31)22-9(6-13(27)28)16(30)23-10(18(32)33)5-12(21)26/h7-10,14H,3-6,19H2,1-2H3,(H2,20,25)(H2,21,26)(H,22,31)(H,23,30)(H,24,29)(H,27,28)(H,32,33). The molecular weight excluding hydrogens is 444 g/mol. The summed E-state index contributed by atoms with van der Waals surface area (Å²) in [6.07, 6.45) is -1.92. The van der Waals surface area contributed by atoms with E-state index in [1.54, 1.807) is 13.8 Å². The molecule has 0 aliphatic carbocycles. The molecule has 15 heteroatoms. The maximum atomic E-state index is 12.7. The molecular formula is C18H30N6O9. The summed E-state index contributed by atoms with van der Waals surface area (Å²) in [6.45, 7) is 3.11. The van der Waals surface area contributed by atoms with E-state index in [1.807, 2.05) is 5.32 Å². The van der Waals surface area contributed by atoms with E-state index in [4.69, 9.17) is 27.4 Å². The van der Waals surface area contributed by atoms with Crippen molar-refractivity contribution in [2.75, 3.05) is 0 Å². The van der Waals surface area contributed by atoms with E-state index in [9.17, 15) is 33.6 Å². The molecule has 11 N–H and O–H groups in total. The van der Waals surface area contributed by atoms with Gasteiger partial charge in [0.15, 0.2) is 0 Å². The SMILES string of the molecule is CC(C)C(NC(=O)C(N)CCC(N)=O)C(=O)NC(CC(=O)O)C(=O)NC(CC(N)=O)C(=O)O. The first kappa shape index (κ1) is 29.2. The minimum atomic E-state index is -1.74. The summed E-state index contributed by atoms with van der Waals surface area (Å²) in [5, 5.41) is 24.6. The fraction of sp³-hybridized carbons (Fsp3) is 0.611. The first-order chi connectivity index (χ1) is 15.1. The summed E-state index contributed by atoms with van der Waals surface area (Å²) < 4.78 is 0. The maximum Gasteiger partial charge on any atom is 0.326 e. The molecule has 15 nitrogen and oxygen atoms in total. The van der Waals surface area contributed by atoms with Crippen LogP contribution < -0.4 is 33.2 Å². The number of nitrogens with two attached hydrogens (primary N) is 3. The van der Waals surface area contributed by atoms with Gasteiger partial charge in [-0.25, -0.2) is 4.79 Å². The van der Waals surface area contributed by atoms with Crippen LogP contribution in [-0.2, 0) is 33.6 Å². The second-order valence-electron chi connectivity index (χ2n) is 7.57. The Bertz CT molecular complexity index is 785. The number of carbonyl (C=O) groups is 7. The summed E-state index contributed by atoms with van der Waals surface area (Å²) in [7, 11) is 0. The second-order valence-corrected chi connectivity index (χ2v) is 7.57. The Balaban J connectivity index is 5.44. The molecule has 0 aromatic carbocycles. The van der Waals surface area contributed by atoms with Crippen molar-refractivity contribution in [2.45, 2.75) is 63.7 Å². The second kappa shape index (κ2) is 13.6. The van der Waals surface area contributed by atoms with Gasteiger partial charge in [-0.3, -0.25) is 28.8 Å². The van der Waals surface area contributed by atoms with Gasteiger partial charge in [-0.15, -0.1) is 0 Å². The minimum Gasteiger partial charge on any atom is -0.481 e. The number of primary amides is 2. The number of rotatable bonds is 15. The highest BCUT2D eigenvalue weighted by Gasteiger charge is 2.33. The maximum absolute atomic E-state index is 12.7. The van der Waals surface area contributed by atoms with Gasteiger partial charge in [-0.1, -0.05) is 13.8 Å². The Hall–Kier alpha value is -3.75. The van der Waals surface area contributed by atoms with Crippen LogP contribution in [-0.4, -0.2) is 75.9 Å². The molecule has 0 saturated carbocycles. The Morgan fingerprint density at radius 1 is 0.758 bits per heavy atom. The summed E-state index contributed by atoms with van der Waals surface area (Å²) in [4.78, 5) is 81.5. The van der Waals surface area contributed by atoms with Crippen molar-refractivity contribution in [3.05, 3.63) is 0 Å². The van der Waals surface area contributed by atoms with Crippen molar-refractivity contribution in [1.82, 2.24) is 16.0 Å². The van der Waals surface area contributed by atoms with E-state index in [-0.39, 0.29) is 12.8 Å². The molecule has 0 rings (SSSR count). The molecule has 4 atom stereocenters. The van der Waals surface area contributed by atoms with Gasteiger partial charge in [0.1, 0.15) is 18.1 Å². The lowest BCUT2D eigenvalue weighted by Crippen LogP contribution is -2.59. The van der Waals surface area contributed by atoms with Crippen LogP contribution in [0.4, 0.5) is 0 Å². The van der Waals surface area contributed by atoms with Crippen molar-refractivity contribution < 1.29 is 43.8 Å². The molecule has 5 amide bonds. The minimum absolute atomic E-state index is 0.0753. The summed E-state index contributed by atoms with van der Waals surface area (Å²) in [5.74, 6) is -8.23. The van der Waals surface area contributed by atoms with E-state index in [1.165, 1.54) is 0 Å². The molecule has 0 aromatic rings. The van der Waals surface area contributed by atoms with Crippen LogP contribution in [0.5, 0.6) is 0 Å². The summed E-state index contributed by atoms with van der Waals surface area (Å²) >= 11 is 0. The van der Waals surface area contributed by atoms with Crippen molar-refractivity contribution in [3.8, 4) is 0 Å². The number of carboxylic acid groups (broad SMARTS) is 2. The summed E-state index contributed by atoms with van der Waals surface area (Å²) in [5.41, 5.74) is 15.6. The van der Waals surface area contributed by atoms with Gasteiger partial charge in [0.05, 0.1) is 18.9 Å². The third kappa shape index (κ3) is 11.4. The molecule has 0 aliphatic heterocycles. The highest BCUT2D eigenvalue weighted by molar-refractivity contribution is 5.96. The molecule has 0 aliphatic rings. The van der Waals surface area contributed by atoms with Crippen LogP contribution in [0.3, 0.4) is 0 Å². The number of nitrogens with one attached hydrogen (secondary N) is 3. The predicted octanol–water partition coefficient (Wildman–Crippen LogP) is -3.88. The highest BCUT2D eigenvalue weighted by atomic mass is 16.4. The van der Waals surface area contributed by atoms with Gasteiger partial charge in [0.25, 0.3) is 0 Å². The Kier molecular flexibility index (Phi) is 12.1. The van der Waals surface area contributed by atoms with Gasteiger partial charge in [0.2, 0.25) is 29.5 Å². The van der Waals surface area contributed by atoms with E-state index in [0.29, 0.717) is 0 Å². The quantitative estimate of drug-likeness (QED) is 0.114. The molecule has 0 aromatic heterocycles. The number of amides is 5. The van der Waals surface area contributed by atoms with E-state index in [2.05, 4.69) is 10.6 Å². The van der Waals surface area contributed by atoms with Crippen LogP contribution in [0.15, 0.2) is 0 Å². The number of hydrogen-bond acceptors (Lipinski definition) is 8. The molecule has 0 saturated heterocycles. The molecule has 0 radical (unpaired) electrons. The highest BCUT2D eigenvalue weighted by Crippen LogP contribution is 2.06. The molecule has 0 fully saturated rings. The zero-order chi connectivity index (χ0) is 25.9. The van der Waals surface area contributed by atoms with Crippen molar-refractivity contribution in [3.63, 3.8) is 0 Å². The third-order valence-corrected chi connectivity index (χ3v) is 4.32. The van der Waals surface area contributed by atoms with Crippen LogP contribution >= 0.6 is 0 Å². The average molecular weight is 474 g/mol. The molecule has 33 heavy (non-hydrogen) atoms. The molecule has 0 heterocycles. The number of carbonyl (C=O) groups excluding carboxylic acids is 5. The Morgan fingerprint density at radius 3 is 1.73 bits per heavy atom. The summed E-state index contributed by atoms with van der Waals surface area (Å²) in [6, 6.07) is -5.88. The van der Waals surface area contributed by atoms with Gasteiger partial charge in [-0.05, 0) is 12.3 Å². The number of aliphatic carboxylic acids is 2. The van der Waals surface area contributed by atoms with Crippen molar-refractivity contribution in [2.24, 2.45) is 23.1 Å². The van der Waals surface area contributed by atoms with Crippen LogP contribution in [0.2, 0.25) is 0 Å². The molecule has 186 valence electrons. The van der Waals surface area contributed by atoms with Crippen molar-refractivity contribution in [1.29, 1.82) is 0 Å². The van der Waals surface area contributed by atoms with E-state index >= 15 is 0 Å². The topological polar surface area (TPSA) is 274 Å². The fourth-order valence-corrected chi connectivity index (χ4v) is 2.54. The smallest absolute Gasteiger partial charge is 0.326 e. The normalized spacial score (nSPS) is 14.3. The van der Waals surface area contributed by atoms with Crippen LogP contribution in [0.1, 0.15) is 39.5 Å². The first-order valence-corrected chi connectivity index (χ1v) is 9.83. The average Bonchev–Trinajstić information content (AvgIpc) is 2.67. The third-order valence-electron chi connectivity index (χ3n) is 4.32.